The fourth-order valence-electron chi connectivity index (χ4n) is 7.10. The highest BCUT2D eigenvalue weighted by Crippen LogP contribution is 2.23. The first-order valence-electron chi connectivity index (χ1n) is 23.2. The summed E-state index contributed by atoms with van der Waals surface area (Å²) < 4.78 is 22.8. The topological polar surface area (TPSA) is 161 Å². The summed E-state index contributed by atoms with van der Waals surface area (Å²) in [5.41, 5.74) is 0. The first kappa shape index (κ1) is 52.2. The van der Waals surface area contributed by atoms with E-state index in [0.717, 1.165) is 57.8 Å². The van der Waals surface area contributed by atoms with Gasteiger partial charge in [-0.1, -0.05) is 175 Å². The van der Waals surface area contributed by atoms with Crippen LogP contribution >= 0.6 is 0 Å². The van der Waals surface area contributed by atoms with Crippen molar-refractivity contribution < 1.29 is 48.7 Å². The van der Waals surface area contributed by atoms with E-state index in [9.17, 15) is 29.7 Å². The molecule has 1 fully saturated rings. The zero-order valence-corrected chi connectivity index (χ0v) is 36.0. The highest BCUT2D eigenvalue weighted by atomic mass is 16.7. The molecule has 4 N–H and O–H groups in total. The molecule has 0 saturated carbocycles. The van der Waals surface area contributed by atoms with Crippen molar-refractivity contribution in [3.05, 3.63) is 0 Å². The molecule has 0 aromatic heterocycles. The molecule has 0 aliphatic carbocycles. The van der Waals surface area contributed by atoms with Crippen LogP contribution in [-0.2, 0) is 33.3 Å². The molecule has 56 heavy (non-hydrogen) atoms. The molecule has 330 valence electrons. The molecule has 1 rings (SSSR count). The molecule has 1 aliphatic rings. The Bertz CT molecular complexity index is 952. The highest BCUT2D eigenvalue weighted by molar-refractivity contribution is 5.75. The van der Waals surface area contributed by atoms with Gasteiger partial charge in [-0.2, -0.15) is 0 Å². The van der Waals surface area contributed by atoms with Crippen molar-refractivity contribution in [1.82, 2.24) is 5.32 Å². The molecular weight excluding hydrogens is 714 g/mol. The van der Waals surface area contributed by atoms with E-state index in [2.05, 4.69) is 26.1 Å². The molecule has 0 spiro atoms. The number of unbranched alkanes of at least 4 members (excludes halogenated alkanes) is 24. The van der Waals surface area contributed by atoms with Gasteiger partial charge in [-0.25, -0.2) is 0 Å². The van der Waals surface area contributed by atoms with Crippen LogP contribution < -0.4 is 5.32 Å². The molecule has 11 heteroatoms. The third-order valence-corrected chi connectivity index (χ3v) is 10.8. The fraction of sp³-hybridized carbons (Fsp3) is 0.933. The van der Waals surface area contributed by atoms with Gasteiger partial charge in [0.15, 0.2) is 12.4 Å². The summed E-state index contributed by atoms with van der Waals surface area (Å²) >= 11 is 0. The molecular formula is C45H85NO10. The number of amides is 1. The largest absolute Gasteiger partial charge is 0.462 e. The van der Waals surface area contributed by atoms with Crippen molar-refractivity contribution in [2.75, 3.05) is 19.8 Å². The number of aliphatic hydroxyl groups is 3. The Labute approximate surface area is 341 Å². The quantitative estimate of drug-likeness (QED) is 0.0350. The highest BCUT2D eigenvalue weighted by Gasteiger charge is 2.44. The van der Waals surface area contributed by atoms with Gasteiger partial charge >= 0.3 is 11.9 Å². The lowest BCUT2D eigenvalue weighted by Gasteiger charge is -2.40. The number of carbonyl (C=O) groups is 3. The van der Waals surface area contributed by atoms with Gasteiger partial charge in [0.2, 0.25) is 5.91 Å². The van der Waals surface area contributed by atoms with E-state index in [0.29, 0.717) is 12.8 Å². The maximum atomic E-state index is 12.8. The number of nitrogens with one attached hydrogen (secondary N) is 1. The molecule has 1 heterocycles. The van der Waals surface area contributed by atoms with E-state index in [1.807, 2.05) is 0 Å². The first-order chi connectivity index (χ1) is 27.2. The molecule has 6 atom stereocenters. The summed E-state index contributed by atoms with van der Waals surface area (Å²) in [6, 6.07) is 0. The van der Waals surface area contributed by atoms with Crippen LogP contribution in [0, 0.1) is 0 Å². The van der Waals surface area contributed by atoms with Gasteiger partial charge < -0.3 is 39.6 Å². The van der Waals surface area contributed by atoms with Crippen molar-refractivity contribution in [2.24, 2.45) is 0 Å². The molecule has 1 unspecified atom stereocenters. The summed E-state index contributed by atoms with van der Waals surface area (Å²) in [6.45, 7) is 6.07. The van der Waals surface area contributed by atoms with Gasteiger partial charge in [0, 0.05) is 25.8 Å². The summed E-state index contributed by atoms with van der Waals surface area (Å²) in [6.07, 6.45) is 23.5. The smallest absolute Gasteiger partial charge is 0.306 e. The molecule has 0 aromatic rings. The van der Waals surface area contributed by atoms with Crippen LogP contribution in [0.3, 0.4) is 0 Å². The number of ether oxygens (including phenoxy) is 4. The third-order valence-electron chi connectivity index (χ3n) is 10.8. The van der Waals surface area contributed by atoms with E-state index in [1.165, 1.54) is 109 Å². The van der Waals surface area contributed by atoms with Gasteiger partial charge in [-0.05, 0) is 19.3 Å². The van der Waals surface area contributed by atoms with E-state index >= 15 is 0 Å². The van der Waals surface area contributed by atoms with E-state index < -0.39 is 42.8 Å². The Morgan fingerprint density at radius 1 is 0.518 bits per heavy atom. The van der Waals surface area contributed by atoms with E-state index in [-0.39, 0.29) is 44.5 Å². The SMILES string of the molecule is CCCCCCCCCCCC(=O)NC[C@H]1O[C@H](OCC(COC(=O)CCCCCCCCCCC)OC(=O)CCCCCCCCCCC)[C@@H](O)[C@@H](O)[C@@H]1O. The van der Waals surface area contributed by atoms with Crippen LogP contribution in [-0.4, -0.2) is 89.7 Å². The molecule has 0 bridgehead atoms. The summed E-state index contributed by atoms with van der Waals surface area (Å²) in [5, 5.41) is 34.7. The summed E-state index contributed by atoms with van der Waals surface area (Å²) in [4.78, 5) is 38.0. The van der Waals surface area contributed by atoms with Gasteiger partial charge in [0.25, 0.3) is 0 Å². The van der Waals surface area contributed by atoms with Gasteiger partial charge in [0.05, 0.1) is 6.61 Å². The lowest BCUT2D eigenvalue weighted by molar-refractivity contribution is -0.299. The Morgan fingerprint density at radius 3 is 1.39 bits per heavy atom. The van der Waals surface area contributed by atoms with E-state index in [1.54, 1.807) is 0 Å². The Balaban J connectivity index is 2.59. The maximum absolute atomic E-state index is 12.8. The minimum atomic E-state index is -1.59. The van der Waals surface area contributed by atoms with Crippen LogP contribution in [0.4, 0.5) is 0 Å². The lowest BCUT2D eigenvalue weighted by atomic mass is 9.98. The summed E-state index contributed by atoms with van der Waals surface area (Å²) in [7, 11) is 0. The molecule has 1 aliphatic heterocycles. The van der Waals surface area contributed by atoms with E-state index in [4.69, 9.17) is 18.9 Å². The van der Waals surface area contributed by atoms with Gasteiger partial charge in [0.1, 0.15) is 31.0 Å². The average molecular weight is 800 g/mol. The predicted molar refractivity (Wildman–Crippen MR) is 222 cm³/mol. The van der Waals surface area contributed by atoms with Gasteiger partial charge in [-0.3, -0.25) is 14.4 Å². The van der Waals surface area contributed by atoms with Crippen molar-refractivity contribution in [2.45, 2.75) is 250 Å². The number of aliphatic hydroxyl groups excluding tert-OH is 3. The fourth-order valence-corrected chi connectivity index (χ4v) is 7.10. The lowest BCUT2D eigenvalue weighted by Crippen LogP contribution is -2.60. The Kier molecular flexibility index (Phi) is 33.9. The standard InChI is InChI=1S/C45H85NO10/c1-4-7-10-13-16-19-22-25-28-31-39(47)46-34-38-42(50)43(51)44(52)45(56-38)54-36-37(55-41(49)33-30-27-24-21-18-15-12-9-6-3)35-53-40(48)32-29-26-23-20-17-14-11-8-5-2/h37-38,42-45,50-52H,4-36H2,1-3H3,(H,46,47)/t37?,38-,42-,43+,44+,45+/m1/s1. The van der Waals surface area contributed by atoms with Crippen LogP contribution in [0.15, 0.2) is 0 Å². The van der Waals surface area contributed by atoms with Crippen LogP contribution in [0.5, 0.6) is 0 Å². The number of hydrogen-bond acceptors (Lipinski definition) is 10. The molecule has 1 saturated heterocycles. The van der Waals surface area contributed by atoms with Crippen molar-refractivity contribution in [1.29, 1.82) is 0 Å². The number of rotatable bonds is 38. The van der Waals surface area contributed by atoms with Crippen molar-refractivity contribution in [3.63, 3.8) is 0 Å². The first-order valence-corrected chi connectivity index (χ1v) is 23.2. The predicted octanol–water partition coefficient (Wildman–Crippen LogP) is 9.14. The Hall–Kier alpha value is -1.79. The number of hydrogen-bond donors (Lipinski definition) is 4. The zero-order chi connectivity index (χ0) is 41.1. The van der Waals surface area contributed by atoms with Gasteiger partial charge in [-0.15, -0.1) is 0 Å². The number of carbonyl (C=O) groups excluding carboxylic acids is 3. The normalized spacial score (nSPS) is 20.1. The van der Waals surface area contributed by atoms with Crippen molar-refractivity contribution >= 4 is 17.8 Å². The minimum Gasteiger partial charge on any atom is -0.462 e. The maximum Gasteiger partial charge on any atom is 0.306 e. The second-order valence-electron chi connectivity index (χ2n) is 16.2. The van der Waals surface area contributed by atoms with Crippen LogP contribution in [0.25, 0.3) is 0 Å². The second-order valence-corrected chi connectivity index (χ2v) is 16.2. The Morgan fingerprint density at radius 2 is 0.929 bits per heavy atom. The second kappa shape index (κ2) is 36.3. The minimum absolute atomic E-state index is 0.0747. The summed E-state index contributed by atoms with van der Waals surface area (Å²) in [5.74, 6) is -0.978. The molecule has 1 amide bonds. The molecule has 0 aromatic carbocycles. The number of esters is 2. The average Bonchev–Trinajstić information content (AvgIpc) is 3.19. The monoisotopic (exact) mass is 800 g/mol. The molecule has 11 nitrogen and oxygen atoms in total. The van der Waals surface area contributed by atoms with Crippen LogP contribution in [0.2, 0.25) is 0 Å². The van der Waals surface area contributed by atoms with Crippen LogP contribution in [0.1, 0.15) is 213 Å². The molecule has 0 radical (unpaired) electrons. The van der Waals surface area contributed by atoms with Crippen molar-refractivity contribution in [3.8, 4) is 0 Å². The third kappa shape index (κ3) is 27.8. The zero-order valence-electron chi connectivity index (χ0n) is 36.0.